The first-order valence-corrected chi connectivity index (χ1v) is 14.8. The van der Waals surface area contributed by atoms with Crippen LogP contribution in [0, 0.1) is 11.8 Å². The molecule has 1 heterocycles. The summed E-state index contributed by atoms with van der Waals surface area (Å²) in [6.45, 7) is 9.18. The number of aromatic nitrogens is 1. The number of hydrogen-bond acceptors (Lipinski definition) is 6. The number of pyridine rings is 1. The van der Waals surface area contributed by atoms with E-state index in [1.807, 2.05) is 43.3 Å². The van der Waals surface area contributed by atoms with Gasteiger partial charge >= 0.3 is 5.97 Å². The van der Waals surface area contributed by atoms with Crippen LogP contribution in [-0.2, 0) is 38.5 Å². The lowest BCUT2D eigenvalue weighted by molar-refractivity contribution is -0.162. The molecule has 0 bridgehead atoms. The number of nitrogens with zero attached hydrogens (tertiary/aromatic N) is 1. The Bertz CT molecular complexity index is 1260. The Hall–Kier alpha value is -3.22. The van der Waals surface area contributed by atoms with Crippen molar-refractivity contribution >= 4 is 5.97 Å². The molecule has 1 aromatic heterocycles. The van der Waals surface area contributed by atoms with Gasteiger partial charge in [-0.25, -0.2) is 4.98 Å². The minimum Gasteiger partial charge on any atom is -0.481 e. The number of esters is 1. The second-order valence-corrected chi connectivity index (χ2v) is 12.0. The molecule has 6 nitrogen and oxygen atoms in total. The first-order valence-electron chi connectivity index (χ1n) is 14.8. The number of methoxy groups -OCH3 is 1. The normalized spacial score (nSPS) is 20.7. The highest BCUT2D eigenvalue weighted by atomic mass is 16.5. The Morgan fingerprint density at radius 2 is 1.68 bits per heavy atom. The van der Waals surface area contributed by atoms with Crippen LogP contribution in [-0.4, -0.2) is 29.3 Å². The van der Waals surface area contributed by atoms with Gasteiger partial charge in [0.2, 0.25) is 5.88 Å². The molecule has 0 aliphatic heterocycles. The first kappa shape index (κ1) is 30.7. The second kappa shape index (κ2) is 13.6. The van der Waals surface area contributed by atoms with Gasteiger partial charge in [-0.2, -0.15) is 0 Å². The number of rotatable bonds is 12. The molecular weight excluding hydrogens is 514 g/mol. The quantitative estimate of drug-likeness (QED) is 0.238. The van der Waals surface area contributed by atoms with Gasteiger partial charge in [0, 0.05) is 17.7 Å². The summed E-state index contributed by atoms with van der Waals surface area (Å²) in [5, 5.41) is 11.9. The number of carbonyl (C=O) groups excluding carboxylic acids is 1. The monoisotopic (exact) mass is 559 g/mol. The summed E-state index contributed by atoms with van der Waals surface area (Å²) < 4.78 is 17.8. The summed E-state index contributed by atoms with van der Waals surface area (Å²) in [6, 6.07) is 22.1. The lowest BCUT2D eigenvalue weighted by Gasteiger charge is -2.44. The van der Waals surface area contributed by atoms with E-state index in [9.17, 15) is 9.90 Å². The Kier molecular flexibility index (Phi) is 10.2. The van der Waals surface area contributed by atoms with E-state index in [2.05, 4.69) is 50.0 Å². The third-order valence-corrected chi connectivity index (χ3v) is 8.87. The first-order chi connectivity index (χ1) is 19.7. The predicted octanol–water partition coefficient (Wildman–Crippen LogP) is 7.12. The Morgan fingerprint density at radius 3 is 2.34 bits per heavy atom. The maximum atomic E-state index is 13.6. The summed E-state index contributed by atoms with van der Waals surface area (Å²) in [4.78, 5) is 17.9. The number of hydrogen-bond donors (Lipinski definition) is 1. The van der Waals surface area contributed by atoms with E-state index < -0.39 is 11.6 Å². The highest BCUT2D eigenvalue weighted by molar-refractivity contribution is 5.71. The summed E-state index contributed by atoms with van der Waals surface area (Å²) in [7, 11) is 1.55. The van der Waals surface area contributed by atoms with Gasteiger partial charge in [-0.05, 0) is 53.4 Å². The van der Waals surface area contributed by atoms with Gasteiger partial charge in [0.15, 0.2) is 0 Å². The van der Waals surface area contributed by atoms with Gasteiger partial charge < -0.3 is 19.3 Å². The van der Waals surface area contributed by atoms with Crippen LogP contribution < -0.4 is 4.74 Å². The molecule has 1 N–H and O–H groups in total. The summed E-state index contributed by atoms with van der Waals surface area (Å²) in [6.07, 6.45) is 4.46. The zero-order chi connectivity index (χ0) is 29.5. The molecule has 3 aromatic rings. The number of aliphatic hydroxyl groups is 1. The standard InChI is InChI=1S/C35H45NO5/c1-6-35(38,29-19-20-36-33(39-5)28(29)24-40-23-26-13-9-7-10-14-26)22-32(37)41-31-21-25(2)17-18-30(31)34(3,4)27-15-11-8-12-16-27/h7-16,19-20,25,30-31,38H,6,17-18,21-24H2,1-5H3/t25-,30-,31-,35?/m1/s1. The van der Waals surface area contributed by atoms with E-state index in [-0.39, 0.29) is 30.5 Å². The van der Waals surface area contributed by atoms with Crippen LogP contribution in [0.15, 0.2) is 72.9 Å². The molecule has 0 amide bonds. The molecule has 1 aliphatic rings. The van der Waals surface area contributed by atoms with Crippen molar-refractivity contribution < 1.29 is 24.1 Å². The van der Waals surface area contributed by atoms with Crippen LogP contribution in [0.1, 0.15) is 82.1 Å². The zero-order valence-corrected chi connectivity index (χ0v) is 25.1. The van der Waals surface area contributed by atoms with Gasteiger partial charge in [-0.1, -0.05) is 94.8 Å². The van der Waals surface area contributed by atoms with Crippen molar-refractivity contribution in [1.29, 1.82) is 0 Å². The predicted molar refractivity (Wildman–Crippen MR) is 160 cm³/mol. The second-order valence-electron chi connectivity index (χ2n) is 12.0. The Balaban J connectivity index is 1.53. The van der Waals surface area contributed by atoms with Crippen LogP contribution in [0.5, 0.6) is 5.88 Å². The molecule has 1 unspecified atom stereocenters. The van der Waals surface area contributed by atoms with Crippen LogP contribution in [0.3, 0.4) is 0 Å². The smallest absolute Gasteiger partial charge is 0.309 e. The van der Waals surface area contributed by atoms with E-state index >= 15 is 0 Å². The van der Waals surface area contributed by atoms with Gasteiger partial charge in [0.1, 0.15) is 11.7 Å². The molecule has 4 atom stereocenters. The molecule has 1 fully saturated rings. The lowest BCUT2D eigenvalue weighted by atomic mass is 9.64. The minimum absolute atomic E-state index is 0.158. The van der Waals surface area contributed by atoms with Crippen LogP contribution in [0.25, 0.3) is 0 Å². The molecule has 6 heteroatoms. The zero-order valence-electron chi connectivity index (χ0n) is 25.1. The topological polar surface area (TPSA) is 77.9 Å². The third kappa shape index (κ3) is 7.35. The number of carbonyl (C=O) groups is 1. The molecule has 1 saturated carbocycles. The maximum Gasteiger partial charge on any atom is 0.309 e. The van der Waals surface area contributed by atoms with E-state index in [1.165, 1.54) is 5.56 Å². The maximum absolute atomic E-state index is 13.6. The van der Waals surface area contributed by atoms with Crippen molar-refractivity contribution in [1.82, 2.24) is 4.98 Å². The summed E-state index contributed by atoms with van der Waals surface area (Å²) in [5.41, 5.74) is 1.89. The minimum atomic E-state index is -1.45. The lowest BCUT2D eigenvalue weighted by Crippen LogP contribution is -2.44. The molecule has 2 aromatic carbocycles. The van der Waals surface area contributed by atoms with E-state index in [4.69, 9.17) is 14.2 Å². The van der Waals surface area contributed by atoms with E-state index in [1.54, 1.807) is 19.4 Å². The highest BCUT2D eigenvalue weighted by Crippen LogP contribution is 2.44. The average Bonchev–Trinajstić information content (AvgIpc) is 2.98. The third-order valence-electron chi connectivity index (χ3n) is 8.87. The van der Waals surface area contributed by atoms with E-state index in [0.717, 1.165) is 24.8 Å². The Morgan fingerprint density at radius 1 is 1.00 bits per heavy atom. The fourth-order valence-corrected chi connectivity index (χ4v) is 6.30. The Labute approximate surface area is 245 Å². The van der Waals surface area contributed by atoms with Crippen molar-refractivity contribution in [3.63, 3.8) is 0 Å². The number of benzene rings is 2. The molecule has 4 rings (SSSR count). The molecule has 0 spiro atoms. The number of ether oxygens (including phenoxy) is 3. The van der Waals surface area contributed by atoms with Gasteiger partial charge in [-0.15, -0.1) is 0 Å². The van der Waals surface area contributed by atoms with Crippen molar-refractivity contribution in [3.8, 4) is 5.88 Å². The van der Waals surface area contributed by atoms with Crippen LogP contribution in [0.4, 0.5) is 0 Å². The highest BCUT2D eigenvalue weighted by Gasteiger charge is 2.43. The van der Waals surface area contributed by atoms with Gasteiger partial charge in [0.05, 0.1) is 26.7 Å². The van der Waals surface area contributed by atoms with Crippen LogP contribution >= 0.6 is 0 Å². The largest absolute Gasteiger partial charge is 0.481 e. The molecule has 0 radical (unpaired) electrons. The van der Waals surface area contributed by atoms with Crippen molar-refractivity contribution in [2.75, 3.05) is 7.11 Å². The molecule has 220 valence electrons. The molecule has 41 heavy (non-hydrogen) atoms. The van der Waals surface area contributed by atoms with Gasteiger partial charge in [-0.3, -0.25) is 4.79 Å². The van der Waals surface area contributed by atoms with Crippen LogP contribution in [0.2, 0.25) is 0 Å². The van der Waals surface area contributed by atoms with Crippen molar-refractivity contribution in [2.45, 2.75) is 90.1 Å². The summed E-state index contributed by atoms with van der Waals surface area (Å²) in [5.74, 6) is 0.636. The SMILES string of the molecule is CCC(O)(CC(=O)O[C@@H]1C[C@H](C)CC[C@H]1C(C)(C)c1ccccc1)c1ccnc(OC)c1COCc1ccccc1. The van der Waals surface area contributed by atoms with Gasteiger partial charge in [0.25, 0.3) is 0 Å². The fourth-order valence-electron chi connectivity index (χ4n) is 6.30. The average molecular weight is 560 g/mol. The molecular formula is C35H45NO5. The molecule has 1 aliphatic carbocycles. The van der Waals surface area contributed by atoms with Crippen molar-refractivity contribution in [3.05, 3.63) is 95.2 Å². The van der Waals surface area contributed by atoms with Crippen molar-refractivity contribution in [2.24, 2.45) is 11.8 Å². The van der Waals surface area contributed by atoms with E-state index in [0.29, 0.717) is 36.0 Å². The fraction of sp³-hybridized carbons (Fsp3) is 0.486. The summed E-state index contributed by atoms with van der Waals surface area (Å²) >= 11 is 0. The molecule has 0 saturated heterocycles.